The maximum Gasteiger partial charge on any atom is 0.436 e. The monoisotopic (exact) mass is 678 g/mol. The first-order valence-electron chi connectivity index (χ1n) is 15.8. The molecule has 7 rings (SSSR count). The summed E-state index contributed by atoms with van der Waals surface area (Å²) in [6, 6.07) is 23.7. The second kappa shape index (κ2) is 12.3. The number of benzene rings is 3. The lowest BCUT2D eigenvalue weighted by molar-refractivity contribution is -0.236. The van der Waals surface area contributed by atoms with Crippen LogP contribution in [-0.2, 0) is 23.3 Å². The molecule has 0 radical (unpaired) electrons. The SMILES string of the molecule is CCCC(OC(=O)C12CC3CC(CC(C3)C1)C2)C(F)(F)C(F)(F)S(=O)(=O)OS(c1ccccc1)(c1ccccc1)c1ccccc1. The number of carbonyl (C=O) groups is 1. The summed E-state index contributed by atoms with van der Waals surface area (Å²) < 4.78 is 103. The van der Waals surface area contributed by atoms with Gasteiger partial charge in [0, 0.05) is 14.7 Å². The summed E-state index contributed by atoms with van der Waals surface area (Å²) >= 11 is 0. The highest BCUT2D eigenvalue weighted by Crippen LogP contribution is 2.71. The molecule has 248 valence electrons. The van der Waals surface area contributed by atoms with Crippen molar-refractivity contribution in [2.24, 2.45) is 23.2 Å². The molecule has 0 amide bonds. The maximum absolute atomic E-state index is 16.2. The van der Waals surface area contributed by atoms with E-state index in [1.54, 1.807) is 54.6 Å². The Morgan fingerprint density at radius 3 is 1.52 bits per heavy atom. The molecule has 3 aromatic rings. The van der Waals surface area contributed by atoms with Crippen LogP contribution in [0.5, 0.6) is 0 Å². The van der Waals surface area contributed by atoms with Gasteiger partial charge in [0.05, 0.1) is 5.41 Å². The van der Waals surface area contributed by atoms with Crippen LogP contribution in [0.2, 0.25) is 0 Å². The van der Waals surface area contributed by atoms with Crippen molar-refractivity contribution in [2.45, 2.75) is 90.3 Å². The van der Waals surface area contributed by atoms with Gasteiger partial charge in [0.1, 0.15) is 0 Å². The van der Waals surface area contributed by atoms with Crippen LogP contribution >= 0.6 is 10.3 Å². The zero-order chi connectivity index (χ0) is 32.8. The fourth-order valence-electron chi connectivity index (χ4n) is 8.08. The smallest absolute Gasteiger partial charge is 0.436 e. The molecule has 11 heteroatoms. The van der Waals surface area contributed by atoms with Gasteiger partial charge in [-0.1, -0.05) is 67.9 Å². The van der Waals surface area contributed by atoms with Crippen molar-refractivity contribution in [1.82, 2.24) is 0 Å². The van der Waals surface area contributed by atoms with Crippen molar-refractivity contribution >= 4 is 26.4 Å². The quantitative estimate of drug-likeness (QED) is 0.141. The van der Waals surface area contributed by atoms with Gasteiger partial charge in [0.15, 0.2) is 6.10 Å². The number of hydrogen-bond acceptors (Lipinski definition) is 5. The van der Waals surface area contributed by atoms with Crippen molar-refractivity contribution in [3.63, 3.8) is 0 Å². The van der Waals surface area contributed by atoms with E-state index < -0.39 is 55.5 Å². The maximum atomic E-state index is 16.2. The zero-order valence-corrected chi connectivity index (χ0v) is 27.1. The normalized spacial score (nSPS) is 25.6. The van der Waals surface area contributed by atoms with Crippen LogP contribution in [0.4, 0.5) is 17.6 Å². The summed E-state index contributed by atoms with van der Waals surface area (Å²) in [6.07, 6.45) is 1.02. The van der Waals surface area contributed by atoms with E-state index in [4.69, 9.17) is 8.37 Å². The van der Waals surface area contributed by atoms with E-state index in [9.17, 15) is 13.2 Å². The third kappa shape index (κ3) is 5.56. The number of ether oxygens (including phenoxy) is 1. The molecule has 4 bridgehead atoms. The highest BCUT2D eigenvalue weighted by atomic mass is 32.3. The molecule has 0 aromatic heterocycles. The molecule has 46 heavy (non-hydrogen) atoms. The average Bonchev–Trinajstić information content (AvgIpc) is 3.04. The molecule has 3 aromatic carbocycles. The number of rotatable bonds is 12. The van der Waals surface area contributed by atoms with Gasteiger partial charge in [-0.2, -0.15) is 26.0 Å². The molecule has 1 unspecified atom stereocenters. The third-order valence-electron chi connectivity index (χ3n) is 9.79. The van der Waals surface area contributed by atoms with Crippen molar-refractivity contribution in [2.75, 3.05) is 0 Å². The van der Waals surface area contributed by atoms with Crippen molar-refractivity contribution < 1.29 is 39.1 Å². The second-order valence-corrected chi connectivity index (χ2v) is 17.5. The Morgan fingerprint density at radius 2 is 1.15 bits per heavy atom. The number of alkyl halides is 4. The van der Waals surface area contributed by atoms with E-state index in [-0.39, 0.29) is 38.9 Å². The average molecular weight is 679 g/mol. The summed E-state index contributed by atoms with van der Waals surface area (Å²) in [7, 11) is -9.94. The van der Waals surface area contributed by atoms with Crippen LogP contribution < -0.4 is 0 Å². The van der Waals surface area contributed by atoms with Crippen LogP contribution in [0.3, 0.4) is 0 Å². The summed E-state index contributed by atoms with van der Waals surface area (Å²) in [5.41, 5.74) is -0.991. The molecule has 4 fully saturated rings. The lowest BCUT2D eigenvalue weighted by Gasteiger charge is -2.55. The topological polar surface area (TPSA) is 69.7 Å². The van der Waals surface area contributed by atoms with E-state index >= 15 is 17.6 Å². The minimum Gasteiger partial charge on any atom is -0.455 e. The lowest BCUT2D eigenvalue weighted by atomic mass is 9.49. The fourth-order valence-corrected chi connectivity index (χ4v) is 13.3. The minimum absolute atomic E-state index is 0.0430. The van der Waals surface area contributed by atoms with Crippen LogP contribution in [-0.4, -0.2) is 31.7 Å². The Balaban J connectivity index is 1.38. The molecule has 1 atom stereocenters. The van der Waals surface area contributed by atoms with Crippen molar-refractivity contribution in [1.29, 1.82) is 0 Å². The molecule has 4 aliphatic carbocycles. The predicted octanol–water partition coefficient (Wildman–Crippen LogP) is 9.39. The molecule has 0 heterocycles. The van der Waals surface area contributed by atoms with Gasteiger partial charge in [0.25, 0.3) is 0 Å². The zero-order valence-electron chi connectivity index (χ0n) is 25.5. The molecule has 4 saturated carbocycles. The van der Waals surface area contributed by atoms with Crippen LogP contribution in [0, 0.1) is 23.2 Å². The number of hydrogen-bond donors (Lipinski definition) is 0. The first-order valence-corrected chi connectivity index (χ1v) is 18.7. The van der Waals surface area contributed by atoms with Crippen LogP contribution in [0.15, 0.2) is 106 Å². The molecule has 5 nitrogen and oxygen atoms in total. The number of carbonyl (C=O) groups excluding carboxylic acids is 1. The summed E-state index contributed by atoms with van der Waals surface area (Å²) in [5, 5.41) is -5.75. The standard InChI is InChI=1S/C35H38F4O5S2/c1-2-12-31(43-32(40)33-22-25-19-26(23-33)21-27(20-25)24-33)34(36,37)35(38,39)46(41,42)44-45(28-13-6-3-7-14-28,29-15-8-4-9-16-29)30-17-10-5-11-18-30/h3-11,13-18,25-27,31H,2,12,19-24H2,1H3. The van der Waals surface area contributed by atoms with Gasteiger partial charge >= 0.3 is 27.3 Å². The molecule has 4 aliphatic rings. The third-order valence-corrected chi connectivity index (χ3v) is 15.0. The lowest BCUT2D eigenvalue weighted by Crippen LogP contribution is -2.57. The molecule has 0 saturated heterocycles. The highest BCUT2D eigenvalue weighted by Gasteiger charge is 2.72. The van der Waals surface area contributed by atoms with Crippen LogP contribution in [0.1, 0.15) is 58.3 Å². The van der Waals surface area contributed by atoms with Crippen LogP contribution in [0.25, 0.3) is 0 Å². The predicted molar refractivity (Wildman–Crippen MR) is 167 cm³/mol. The van der Waals surface area contributed by atoms with Gasteiger partial charge in [-0.15, -0.1) is 0 Å². The van der Waals surface area contributed by atoms with E-state index in [2.05, 4.69) is 0 Å². The van der Waals surface area contributed by atoms with E-state index in [1.165, 1.54) is 43.3 Å². The largest absolute Gasteiger partial charge is 0.455 e. The molecular formula is C35H38F4O5S2. The fraction of sp³-hybridized carbons (Fsp3) is 0.457. The Labute approximate surface area is 269 Å². The van der Waals surface area contributed by atoms with Gasteiger partial charge in [-0.05, 0) is 109 Å². The number of esters is 1. The second-order valence-electron chi connectivity index (χ2n) is 13.0. The Morgan fingerprint density at radius 1 is 0.761 bits per heavy atom. The summed E-state index contributed by atoms with van der Waals surface area (Å²) in [5.74, 6) is -5.37. The van der Waals surface area contributed by atoms with Crippen molar-refractivity contribution in [3.8, 4) is 0 Å². The van der Waals surface area contributed by atoms with Gasteiger partial charge in [0.2, 0.25) is 0 Å². The Kier molecular flexibility index (Phi) is 8.82. The van der Waals surface area contributed by atoms with Gasteiger partial charge in [-0.3, -0.25) is 4.79 Å². The first kappa shape index (κ1) is 33.0. The number of halogens is 4. The Hall–Kier alpha value is -2.89. The molecule has 0 N–H and O–H groups in total. The Bertz CT molecular complexity index is 1500. The van der Waals surface area contributed by atoms with E-state index in [0.717, 1.165) is 19.3 Å². The first-order chi connectivity index (χ1) is 21.8. The molecular weight excluding hydrogens is 641 g/mol. The van der Waals surface area contributed by atoms with E-state index in [0.29, 0.717) is 19.3 Å². The van der Waals surface area contributed by atoms with Gasteiger partial charge in [-0.25, -0.2) is 3.63 Å². The van der Waals surface area contributed by atoms with E-state index in [1.807, 2.05) is 0 Å². The molecule has 0 spiro atoms. The van der Waals surface area contributed by atoms with Crippen molar-refractivity contribution in [3.05, 3.63) is 91.0 Å². The summed E-state index contributed by atoms with van der Waals surface area (Å²) in [4.78, 5) is 14.3. The molecule has 0 aliphatic heterocycles. The minimum atomic E-state index is -6.40. The van der Waals surface area contributed by atoms with Gasteiger partial charge < -0.3 is 4.74 Å². The highest BCUT2D eigenvalue weighted by molar-refractivity contribution is 8.33. The summed E-state index contributed by atoms with van der Waals surface area (Å²) in [6.45, 7) is 1.49.